The molecule has 0 N–H and O–H groups in total. The molecule has 0 heterocycles. The van der Waals surface area contributed by atoms with Crippen molar-refractivity contribution < 1.29 is 18.4 Å². The molecule has 0 saturated heterocycles. The summed E-state index contributed by atoms with van der Waals surface area (Å²) in [6.45, 7) is 0. The van der Waals surface area contributed by atoms with Crippen molar-refractivity contribution in [2.45, 2.75) is 0 Å². The van der Waals surface area contributed by atoms with Crippen molar-refractivity contribution >= 4 is 1360 Å². The van der Waals surface area contributed by atoms with Crippen molar-refractivity contribution in [2.24, 2.45) is 0 Å². The van der Waals surface area contributed by atoms with Crippen LogP contribution >= 0.6 is 11.7 Å². The topological polar surface area (TPSA) is 0 Å². The fraction of sp³-hybridized carbons (Fsp3) is 0. The molecule has 0 bridgehead atoms. The molecule has 0 atom stereocenters. The Labute approximate surface area is 1340 Å². The maximum absolute atomic E-state index is 6.32. The van der Waals surface area contributed by atoms with E-state index in [0.717, 1.165) is 0 Å². The van der Waals surface area contributed by atoms with E-state index in [1.165, 1.54) is 0 Å². The van der Waals surface area contributed by atoms with Crippen LogP contribution in [0.1, 0.15) is 0 Å². The molecule has 0 nitrogen and oxygen atoms in total. The Balaban J connectivity index is 8.84. The maximum atomic E-state index is 6.32. The van der Waals surface area contributed by atoms with Crippen LogP contribution in [0, 0.1) is 0 Å². The van der Waals surface area contributed by atoms with Gasteiger partial charge in [0.2, 0.25) is 0 Å². The smallest absolute Gasteiger partial charge is 0.0917 e. The predicted molar refractivity (Wildman–Crippen MR) is 1090 cm³/mol. The molecular formula is HIS148-2. The van der Waals surface area contributed by atoms with Crippen molar-refractivity contribution in [3.63, 3.8) is 0 Å². The van der Waals surface area contributed by atoms with Crippen LogP contribution in [0.4, 0.5) is 0 Å². The fourth-order valence-electron chi connectivity index (χ4n) is 4.71. The average Bonchev–Trinajstić information content (AvgIpc) is 0.670. The van der Waals surface area contributed by atoms with Crippen LogP contribution in [0.3, 0.4) is 0 Å². The van der Waals surface area contributed by atoms with Gasteiger partial charge in [0, 0.05) is 120 Å². The molecule has 0 amide bonds. The van der Waals surface area contributed by atoms with Crippen molar-refractivity contribution in [2.75, 3.05) is 0 Å². The third-order valence-corrected chi connectivity index (χ3v) is 988. The summed E-state index contributed by atoms with van der Waals surface area (Å²) in [4.78, 5) is 0. The quantitative estimate of drug-likeness (QED) is 0.0217. The van der Waals surface area contributed by atoms with Gasteiger partial charge in [-0.2, -0.15) is 0 Å². The molecule has 0 aromatic heterocycles. The number of rotatable bonds is 49. The zero-order valence-electron chi connectivity index (χ0n) is 60.8. The molecule has 0 aliphatic rings. The van der Waals surface area contributed by atoms with Gasteiger partial charge >= 0.3 is 632 Å². The van der Waals surface area contributed by atoms with E-state index in [0.29, 0.717) is 0 Å². The summed E-state index contributed by atoms with van der Waals surface area (Å²) in [6, 6.07) is 0. The van der Waals surface area contributed by atoms with Crippen molar-refractivity contribution in [1.82, 2.24) is 0 Å². The second kappa shape index (κ2) is 59.5. The SMILES string of the molecule is S=[S-](=S)S(=S)(=S)S(=S)(=S)S(=S)(=S)S(=S)(=S)S(=S)(=S)S(=S)(=S)S(=S)(=S)S(=S)(=S)S(=S)(=S)S(=S)(=S)S(=S)(=S)S(=S)(=S)S(=S)(=S)S(=S)(=S)S(=S)(=S)S(=S)(=S)S(=S)(=S)S(=S)(=S)S(=S)(=S)S(=S)(=S)S(=S)(=S)S(=S)(=S)S(=S)(=S)S(=S)(=S)[I-]S(=S)(=S)S(=S)(=S)S(=S)(=S)S(=S)(=S)S(=S)(=S)S(=S)(=S)S(=S)(=S)S(=S)(=S)S(=S)(=S)S(=S)(=S)S(=S)(=S)S(=S)(=S)S(=S)(=S)S(=S)(=S)S(=S)(=S)S(=S)(=S)S(=S)(=S)S(=S)(=S)S(=S)(=S)S(=S)(=S)S(=S)(=S)S(=S)(=S)S(=S)(=S)S(=S)(=S)S. The molecular weight excluding hydrogens is 4870 g/mol. The van der Waals surface area contributed by atoms with Crippen molar-refractivity contribution in [1.29, 1.82) is 0 Å². The summed E-state index contributed by atoms with van der Waals surface area (Å²) in [6.07, 6.45) is 0. The van der Waals surface area contributed by atoms with Gasteiger partial charge in [-0.25, -0.2) is 22.4 Å². The second-order valence-corrected chi connectivity index (χ2v) is 551. The minimum absolute atomic E-state index is 1.64. The molecule has 0 aliphatic carbocycles. The van der Waals surface area contributed by atoms with E-state index in [1.807, 2.05) is 0 Å². The van der Waals surface area contributed by atoms with E-state index >= 15 is 0 Å². The molecule has 0 saturated carbocycles. The average molecular weight is 4870 g/mol. The first kappa shape index (κ1) is 189. The van der Waals surface area contributed by atoms with Gasteiger partial charge in [-0.1, -0.05) is 39.2 Å². The first-order valence-corrected chi connectivity index (χ1v) is 225. The van der Waals surface area contributed by atoms with Crippen LogP contribution in [0.2, 0.25) is 0 Å². The van der Waals surface area contributed by atoms with E-state index < -0.39 is 272 Å². The van der Waals surface area contributed by atoms with E-state index in [9.17, 15) is 0 Å². The third-order valence-electron chi connectivity index (χ3n) is 11.8. The molecule has 149 heavy (non-hydrogen) atoms. The molecule has 0 fully saturated rings. The minimum atomic E-state index is -4.31. The first-order valence-electron chi connectivity index (χ1n) is 24.7. The predicted octanol–water partition coefficient (Wildman–Crippen LogP) is -2.97. The summed E-state index contributed by atoms with van der Waals surface area (Å²) in [7, 11) is -1.64. The normalized spacial score (nSPS) is 17.1. The molecule has 0 unspecified atom stereocenters. The zero-order valence-corrected chi connectivity index (χ0v) is 184. The summed E-state index contributed by atoms with van der Waals surface area (Å²) in [5.41, 5.74) is 0. The Hall–Kier alpha value is 39.8. The second-order valence-electron chi connectivity index (χ2n) is 19.9. The van der Waals surface area contributed by atoms with Gasteiger partial charge in [-0.05, 0) is 559 Å². The Morgan fingerprint density at radius 1 is 0.0940 bits per heavy atom. The van der Waals surface area contributed by atoms with Crippen LogP contribution in [0.5, 0.6) is 0 Å². The van der Waals surface area contributed by atoms with Gasteiger partial charge in [-0.3, -0.25) is 7.05 Å². The fourth-order valence-corrected chi connectivity index (χ4v) is 1210. The molecule has 0 aromatic rings. The van der Waals surface area contributed by atoms with Gasteiger partial charge in [0.05, 0.1) is 0 Å². The van der Waals surface area contributed by atoms with Crippen LogP contribution < -0.4 is 18.4 Å². The Bertz CT molecular complexity index is 12400. The monoisotopic (exact) mass is 4860 g/mol. The number of hydrogen-bond acceptors (Lipinski definition) is 99. The van der Waals surface area contributed by atoms with E-state index in [-0.39, 0.29) is 0 Å². The van der Waals surface area contributed by atoms with Crippen molar-refractivity contribution in [3.8, 4) is 0 Å². The molecule has 0 aromatic carbocycles. The van der Waals surface area contributed by atoms with Gasteiger partial charge < -0.3 is 0 Å². The summed E-state index contributed by atoms with van der Waals surface area (Å²) in [5, 5.41) is -188. The van der Waals surface area contributed by atoms with Crippen molar-refractivity contribution in [3.05, 3.63) is 0 Å². The molecule has 0 rings (SSSR count). The minimum Gasteiger partial charge on any atom is -0.0917 e. The first-order chi connectivity index (χ1) is 62.2. The van der Waals surface area contributed by atoms with Crippen LogP contribution in [-0.4, -0.2) is 0 Å². The Morgan fingerprint density at radius 2 is 0.154 bits per heavy atom. The van der Waals surface area contributed by atoms with E-state index in [4.69, 9.17) is 1100 Å². The number of halogens is 1. The van der Waals surface area contributed by atoms with Crippen LogP contribution in [-0.2, 0) is 1350 Å². The van der Waals surface area contributed by atoms with Gasteiger partial charge in [0.15, 0.2) is 0 Å². The summed E-state index contributed by atoms with van der Waals surface area (Å²) in [5.74, 6) is 0. The Morgan fingerprint density at radius 3 is 0.221 bits per heavy atom. The Kier molecular flexibility index (Phi) is 75.4. The molecule has 149 heteroatoms. The van der Waals surface area contributed by atoms with E-state index in [1.54, 1.807) is 0 Å². The molecule has 0 aliphatic heterocycles. The number of thiol groups is 1. The standard InChI is InChI=1S/HIS148/c2-101(3)105(11,12)109(19,20)113(27,28)117(35,36)121(43,44)125(51,52)129(59,60)133(67,68)137(75,76)141(83,84)145(91,92)149(99,100)147(95,96)143(87,88)139(79,80)135(71,72)131(63,64)127(55,56)123(47,48)119(39,40)115(31,32)111(23,24)107(15,16)103(6,7)1-102(4,5)106(13,14)110(21,22)114(29,30)118(37,38)122(45,46)126(53,54)130(61,62)134(69,70)138(77,78)142(85,86)146(93,94)148(97,98)144(89,90)140(81,82)136(73,74)132(65,66)128(57,58)124(49,50)120(41,42)116(33,34)112(25,26)108(17,18)104(8,9)10/h(H,8,9,10)/q-2. The van der Waals surface area contributed by atoms with Crippen LogP contribution in [0.25, 0.3) is 0 Å². The summed E-state index contributed by atoms with van der Waals surface area (Å²) >= 11 is 606. The van der Waals surface area contributed by atoms with Gasteiger partial charge in [0.25, 0.3) is 0 Å². The number of hydrogen-bond donors (Lipinski definition) is 1. The molecule has 0 radical (unpaired) electrons. The molecule has 898 valence electrons. The van der Waals surface area contributed by atoms with E-state index in [2.05, 4.69) is 11.7 Å². The van der Waals surface area contributed by atoms with Gasteiger partial charge in [-0.15, -0.1) is 0 Å². The summed E-state index contributed by atoms with van der Waals surface area (Å²) < 4.78 is -7.65. The van der Waals surface area contributed by atoms with Crippen LogP contribution in [0.15, 0.2) is 0 Å². The van der Waals surface area contributed by atoms with Gasteiger partial charge in [0.1, 0.15) is 0 Å². The molecule has 0 spiro atoms. The third kappa shape index (κ3) is 29.9. The zero-order chi connectivity index (χ0) is 124.